The minimum atomic E-state index is -1.64. The van der Waals surface area contributed by atoms with Crippen LogP contribution in [0.25, 0.3) is 0 Å². The van der Waals surface area contributed by atoms with Crippen molar-refractivity contribution in [1.82, 2.24) is 14.7 Å². The molecule has 4 aromatic carbocycles. The molecule has 3 heterocycles. The number of nitrogens with zero attached hydrogens (tertiary/aromatic N) is 6. The fourth-order valence-corrected chi connectivity index (χ4v) is 10.8. The number of amides is 1. The highest BCUT2D eigenvalue weighted by molar-refractivity contribution is 7.44. The van der Waals surface area contributed by atoms with Gasteiger partial charge in [-0.05, 0) is 105 Å². The monoisotopic (exact) mass is 896 g/mol. The van der Waals surface area contributed by atoms with Crippen LogP contribution < -0.4 is 9.47 Å². The van der Waals surface area contributed by atoms with Gasteiger partial charge < -0.3 is 28.0 Å². The van der Waals surface area contributed by atoms with E-state index >= 15 is 0 Å². The lowest BCUT2D eigenvalue weighted by atomic mass is 9.80. The van der Waals surface area contributed by atoms with E-state index in [2.05, 4.69) is 61.9 Å². The first-order chi connectivity index (χ1) is 31.6. The lowest BCUT2D eigenvalue weighted by molar-refractivity contribution is -0.102. The van der Waals surface area contributed by atoms with Gasteiger partial charge in [0.1, 0.15) is 28.9 Å². The number of rotatable bonds is 18. The van der Waals surface area contributed by atoms with E-state index in [-0.39, 0.29) is 37.6 Å². The average Bonchev–Trinajstić information content (AvgIpc) is 3.88. The number of benzene rings is 4. The third-order valence-electron chi connectivity index (χ3n) is 12.1. The Bertz CT molecular complexity index is 2380. The van der Waals surface area contributed by atoms with E-state index in [1.807, 2.05) is 102 Å². The summed E-state index contributed by atoms with van der Waals surface area (Å²) in [5, 5.41) is 22.7. The zero-order valence-electron chi connectivity index (χ0n) is 37.9. The van der Waals surface area contributed by atoms with Crippen LogP contribution in [0.5, 0.6) is 11.5 Å². The number of hydrogen-bond donors (Lipinski definition) is 0. The van der Waals surface area contributed by atoms with Gasteiger partial charge in [0.05, 0.1) is 58.8 Å². The molecular formula is C51H57N6O7P. The topological polar surface area (TPSA) is 131 Å². The predicted molar refractivity (Wildman–Crippen MR) is 251 cm³/mol. The van der Waals surface area contributed by atoms with Crippen molar-refractivity contribution < 1.29 is 32.8 Å². The van der Waals surface area contributed by atoms with Gasteiger partial charge in [0, 0.05) is 35.8 Å². The molecule has 338 valence electrons. The second-order valence-corrected chi connectivity index (χ2v) is 18.2. The fourth-order valence-electron chi connectivity index (χ4n) is 9.01. The molecule has 8 rings (SSSR count). The van der Waals surface area contributed by atoms with Gasteiger partial charge in [0.2, 0.25) is 0 Å². The first kappa shape index (κ1) is 45.8. The summed E-state index contributed by atoms with van der Waals surface area (Å²) in [4.78, 5) is 13.6. The van der Waals surface area contributed by atoms with Crippen LogP contribution >= 0.6 is 8.53 Å². The zero-order valence-corrected chi connectivity index (χ0v) is 38.8. The van der Waals surface area contributed by atoms with Gasteiger partial charge in [-0.1, -0.05) is 72.8 Å². The van der Waals surface area contributed by atoms with Crippen LogP contribution in [0, 0.1) is 11.3 Å². The standard InChI is InChI=1S/C51H57N6O7P/c1-35(2)57(36(3)4)65(62-29-13-28-52)64-46-30-48(55-32-38-18-19-39-33-56(53-31-45(54-55)49(38)39)50(58)37-14-9-7-10-15-37)63-47(46)34-61-51(40-16-11-8-12-17-40,41-20-24-43(59-5)25-21-41)42-22-26-44(60-6)27-23-42/h7-12,14-17,20-27,31-32,35-36,46-48H,13,18-19,29-30,33-34H2,1-6H3/t46-,47+,48+,65?/m0/s1. The highest BCUT2D eigenvalue weighted by Crippen LogP contribution is 2.50. The molecular weight excluding hydrogens is 840 g/mol. The third kappa shape index (κ3) is 9.80. The molecule has 1 aliphatic carbocycles. The molecule has 65 heavy (non-hydrogen) atoms. The van der Waals surface area contributed by atoms with Crippen molar-refractivity contribution in [3.05, 3.63) is 154 Å². The molecule has 4 aliphatic rings. The summed E-state index contributed by atoms with van der Waals surface area (Å²) < 4.78 is 41.5. The first-order valence-corrected chi connectivity index (χ1v) is 23.4. The normalized spacial score (nSPS) is 19.8. The van der Waals surface area contributed by atoms with Gasteiger partial charge in [0.15, 0.2) is 6.23 Å². The van der Waals surface area contributed by atoms with E-state index in [1.165, 1.54) is 5.01 Å². The Morgan fingerprint density at radius 2 is 1.49 bits per heavy atom. The van der Waals surface area contributed by atoms with Crippen molar-refractivity contribution in [3.8, 4) is 17.6 Å². The Hall–Kier alpha value is -5.71. The molecule has 0 N–H and O–H groups in total. The molecule has 3 aliphatic heterocycles. The number of nitriles is 1. The average molecular weight is 897 g/mol. The Balaban J connectivity index is 1.16. The summed E-state index contributed by atoms with van der Waals surface area (Å²) in [7, 11) is 1.67. The Morgan fingerprint density at radius 1 is 0.877 bits per heavy atom. The van der Waals surface area contributed by atoms with Gasteiger partial charge in [0.25, 0.3) is 14.4 Å². The smallest absolute Gasteiger partial charge is 0.274 e. The molecule has 4 atom stereocenters. The number of carbonyl (C=O) groups is 1. The summed E-state index contributed by atoms with van der Waals surface area (Å²) in [6, 6.07) is 37.7. The molecule has 13 nitrogen and oxygen atoms in total. The maximum absolute atomic E-state index is 13.6. The van der Waals surface area contributed by atoms with Crippen molar-refractivity contribution in [3.63, 3.8) is 0 Å². The van der Waals surface area contributed by atoms with Crippen LogP contribution in [-0.2, 0) is 24.1 Å². The lowest BCUT2D eigenvalue weighted by Crippen LogP contribution is -2.40. The predicted octanol–water partition coefficient (Wildman–Crippen LogP) is 9.58. The molecule has 1 saturated heterocycles. The van der Waals surface area contributed by atoms with Gasteiger partial charge in [-0.25, -0.2) is 14.7 Å². The Kier molecular flexibility index (Phi) is 14.6. The second kappa shape index (κ2) is 20.6. The maximum atomic E-state index is 13.6. The molecule has 0 saturated carbocycles. The number of allylic oxidation sites excluding steroid dienone is 2. The van der Waals surface area contributed by atoms with Crippen molar-refractivity contribution in [1.29, 1.82) is 5.26 Å². The molecule has 1 unspecified atom stereocenters. The van der Waals surface area contributed by atoms with Crippen molar-refractivity contribution >= 4 is 26.4 Å². The molecule has 0 radical (unpaired) electrons. The van der Waals surface area contributed by atoms with Gasteiger partial charge in [-0.2, -0.15) is 15.5 Å². The summed E-state index contributed by atoms with van der Waals surface area (Å²) in [6.45, 7) is 9.24. The van der Waals surface area contributed by atoms with E-state index in [9.17, 15) is 10.1 Å². The van der Waals surface area contributed by atoms with Crippen molar-refractivity contribution in [2.75, 3.05) is 34.0 Å². The molecule has 1 amide bonds. The summed E-state index contributed by atoms with van der Waals surface area (Å²) >= 11 is 0. The van der Waals surface area contributed by atoms with Gasteiger partial charge in [-0.3, -0.25) is 4.79 Å². The number of methoxy groups -OCH3 is 2. The summed E-state index contributed by atoms with van der Waals surface area (Å²) in [6.07, 6.45) is 4.39. The fraction of sp³-hybridized carbons (Fsp3) is 0.373. The molecule has 0 aromatic heterocycles. The minimum Gasteiger partial charge on any atom is -0.497 e. The molecule has 4 aromatic rings. The molecule has 0 bridgehead atoms. The number of hydrogen-bond acceptors (Lipinski definition) is 12. The van der Waals surface area contributed by atoms with Crippen LogP contribution in [0.3, 0.4) is 0 Å². The molecule has 1 fully saturated rings. The first-order valence-electron chi connectivity index (χ1n) is 22.2. The van der Waals surface area contributed by atoms with Crippen LogP contribution in [0.15, 0.2) is 142 Å². The highest BCUT2D eigenvalue weighted by Gasteiger charge is 2.46. The van der Waals surface area contributed by atoms with Crippen LogP contribution in [0.4, 0.5) is 0 Å². The van der Waals surface area contributed by atoms with Crippen molar-refractivity contribution in [2.24, 2.45) is 10.2 Å². The third-order valence-corrected chi connectivity index (χ3v) is 14.2. The van der Waals surface area contributed by atoms with Crippen molar-refractivity contribution in [2.45, 2.75) is 89.5 Å². The number of hydrazone groups is 2. The van der Waals surface area contributed by atoms with E-state index < -0.39 is 32.6 Å². The van der Waals surface area contributed by atoms with Gasteiger partial charge >= 0.3 is 0 Å². The highest BCUT2D eigenvalue weighted by atomic mass is 31.2. The number of carbonyl (C=O) groups excluding carboxylic acids is 1. The van der Waals surface area contributed by atoms with Crippen LogP contribution in [0.1, 0.15) is 80.4 Å². The summed E-state index contributed by atoms with van der Waals surface area (Å²) in [5.41, 5.74) is 6.18. The summed E-state index contributed by atoms with van der Waals surface area (Å²) in [5.74, 6) is 1.29. The second-order valence-electron chi connectivity index (χ2n) is 16.8. The zero-order chi connectivity index (χ0) is 45.5. The van der Waals surface area contributed by atoms with E-state index in [0.29, 0.717) is 24.2 Å². The van der Waals surface area contributed by atoms with Crippen LogP contribution in [0.2, 0.25) is 0 Å². The minimum absolute atomic E-state index is 0.0924. The van der Waals surface area contributed by atoms with E-state index in [1.54, 1.807) is 20.4 Å². The van der Waals surface area contributed by atoms with E-state index in [4.69, 9.17) is 33.1 Å². The Labute approximate surface area is 383 Å². The Morgan fingerprint density at radius 3 is 2.09 bits per heavy atom. The maximum Gasteiger partial charge on any atom is 0.274 e. The number of ether oxygens (including phenoxy) is 4. The largest absolute Gasteiger partial charge is 0.497 e. The van der Waals surface area contributed by atoms with E-state index in [0.717, 1.165) is 57.8 Å². The molecule has 14 heteroatoms. The van der Waals surface area contributed by atoms with Crippen LogP contribution in [-0.4, -0.2) is 97.0 Å². The SMILES string of the molecule is COc1ccc(C(OC[C@H]2O[C@@H](N3C=C4CCC5=C4C(=N3)C=NN(C(=O)c3ccccc3)C5)C[C@@H]2OP(OCCC#N)N(C(C)C)C(C)C)(c2ccccc2)c2ccc(OC)cc2)cc1. The lowest BCUT2D eigenvalue weighted by Gasteiger charge is -2.39. The molecule has 0 spiro atoms. The quantitative estimate of drug-likeness (QED) is 0.0541. The van der Waals surface area contributed by atoms with Gasteiger partial charge in [-0.15, -0.1) is 0 Å².